The standard InChI is InChI=1S/C16H23N3O6S/c1-11-9-18(10-13(11)16(21)24-2)15(20)14-7-12(8-17-14)26(22,23)19-3-5-25-6-4-19/h7-8,11,13,17H,3-6,9-10H2,1-2H3/t11-,13-/m1/s1. The summed E-state index contributed by atoms with van der Waals surface area (Å²) in [4.78, 5) is 28.8. The number of hydrogen-bond donors (Lipinski definition) is 1. The van der Waals surface area contributed by atoms with Crippen molar-refractivity contribution in [3.05, 3.63) is 18.0 Å². The molecule has 0 unspecified atom stereocenters. The van der Waals surface area contributed by atoms with Crippen molar-refractivity contribution in [3.8, 4) is 0 Å². The van der Waals surface area contributed by atoms with Gasteiger partial charge in [0.2, 0.25) is 10.0 Å². The Bertz CT molecular complexity index is 784. The number of esters is 1. The number of carbonyl (C=O) groups excluding carboxylic acids is 2. The minimum atomic E-state index is -3.66. The number of methoxy groups -OCH3 is 1. The number of aromatic amines is 1. The molecule has 2 aliphatic heterocycles. The Hall–Kier alpha value is -1.91. The van der Waals surface area contributed by atoms with Crippen LogP contribution in [0.3, 0.4) is 0 Å². The Morgan fingerprint density at radius 2 is 1.96 bits per heavy atom. The fourth-order valence-electron chi connectivity index (χ4n) is 3.34. The van der Waals surface area contributed by atoms with E-state index in [9.17, 15) is 18.0 Å². The van der Waals surface area contributed by atoms with Crippen LogP contribution in [-0.2, 0) is 24.3 Å². The molecule has 0 bridgehead atoms. The number of hydrogen-bond acceptors (Lipinski definition) is 6. The van der Waals surface area contributed by atoms with Crippen molar-refractivity contribution in [2.45, 2.75) is 11.8 Å². The molecular formula is C16H23N3O6S. The highest BCUT2D eigenvalue weighted by atomic mass is 32.2. The van der Waals surface area contributed by atoms with E-state index in [1.165, 1.54) is 23.7 Å². The van der Waals surface area contributed by atoms with Crippen LogP contribution >= 0.6 is 0 Å². The zero-order valence-corrected chi connectivity index (χ0v) is 15.6. The number of H-pyrrole nitrogens is 1. The molecule has 0 aromatic carbocycles. The van der Waals surface area contributed by atoms with Gasteiger partial charge in [-0.15, -0.1) is 0 Å². The van der Waals surface area contributed by atoms with E-state index in [4.69, 9.17) is 9.47 Å². The van der Waals surface area contributed by atoms with Crippen molar-refractivity contribution in [2.24, 2.45) is 11.8 Å². The summed E-state index contributed by atoms with van der Waals surface area (Å²) >= 11 is 0. The summed E-state index contributed by atoms with van der Waals surface area (Å²) in [5.74, 6) is -1.05. The molecule has 26 heavy (non-hydrogen) atoms. The van der Waals surface area contributed by atoms with Crippen LogP contribution in [0.25, 0.3) is 0 Å². The van der Waals surface area contributed by atoms with E-state index >= 15 is 0 Å². The normalized spacial score (nSPS) is 24.6. The summed E-state index contributed by atoms with van der Waals surface area (Å²) in [6, 6.07) is 1.35. The molecule has 3 rings (SSSR count). The van der Waals surface area contributed by atoms with Gasteiger partial charge in [0.1, 0.15) is 10.6 Å². The fourth-order valence-corrected chi connectivity index (χ4v) is 4.75. The Kier molecular flexibility index (Phi) is 5.35. The van der Waals surface area contributed by atoms with E-state index in [1.54, 1.807) is 4.90 Å². The van der Waals surface area contributed by atoms with Gasteiger partial charge in [-0.1, -0.05) is 6.92 Å². The monoisotopic (exact) mass is 385 g/mol. The molecule has 3 heterocycles. The van der Waals surface area contributed by atoms with Crippen LogP contribution in [0, 0.1) is 11.8 Å². The average Bonchev–Trinajstić information content (AvgIpc) is 3.29. The van der Waals surface area contributed by atoms with Crippen molar-refractivity contribution in [3.63, 3.8) is 0 Å². The van der Waals surface area contributed by atoms with Crippen molar-refractivity contribution < 1.29 is 27.5 Å². The maximum absolute atomic E-state index is 12.7. The number of nitrogens with zero attached hydrogens (tertiary/aromatic N) is 2. The number of carbonyl (C=O) groups is 2. The van der Waals surface area contributed by atoms with Gasteiger partial charge in [-0.05, 0) is 12.0 Å². The van der Waals surface area contributed by atoms with Crippen molar-refractivity contribution in [1.82, 2.24) is 14.2 Å². The molecule has 144 valence electrons. The molecule has 2 fully saturated rings. The topological polar surface area (TPSA) is 109 Å². The number of rotatable bonds is 4. The number of nitrogens with one attached hydrogen (secondary N) is 1. The van der Waals surface area contributed by atoms with Crippen LogP contribution in [0.1, 0.15) is 17.4 Å². The molecule has 1 aromatic rings. The first-order valence-corrected chi connectivity index (χ1v) is 9.92. The number of sulfonamides is 1. The first-order chi connectivity index (χ1) is 12.3. The smallest absolute Gasteiger partial charge is 0.310 e. The summed E-state index contributed by atoms with van der Waals surface area (Å²) < 4.78 is 36.6. The lowest BCUT2D eigenvalue weighted by Crippen LogP contribution is -2.40. The third-order valence-corrected chi connectivity index (χ3v) is 6.77. The van der Waals surface area contributed by atoms with Gasteiger partial charge in [-0.2, -0.15) is 4.31 Å². The fraction of sp³-hybridized carbons (Fsp3) is 0.625. The van der Waals surface area contributed by atoms with Gasteiger partial charge in [0.05, 0.1) is 26.2 Å². The summed E-state index contributed by atoms with van der Waals surface area (Å²) in [5, 5.41) is 0. The lowest BCUT2D eigenvalue weighted by atomic mass is 9.99. The van der Waals surface area contributed by atoms with E-state index in [1.807, 2.05) is 6.92 Å². The van der Waals surface area contributed by atoms with Gasteiger partial charge >= 0.3 is 5.97 Å². The van der Waals surface area contributed by atoms with Crippen LogP contribution in [-0.4, -0.2) is 81.0 Å². The second-order valence-corrected chi connectivity index (χ2v) is 8.52. The van der Waals surface area contributed by atoms with Gasteiger partial charge in [0, 0.05) is 32.4 Å². The second-order valence-electron chi connectivity index (χ2n) is 6.58. The van der Waals surface area contributed by atoms with Gasteiger partial charge in [-0.3, -0.25) is 9.59 Å². The Labute approximate surface area is 152 Å². The molecule has 0 radical (unpaired) electrons. The molecule has 9 nitrogen and oxygen atoms in total. The Morgan fingerprint density at radius 1 is 1.27 bits per heavy atom. The van der Waals surface area contributed by atoms with Gasteiger partial charge in [-0.25, -0.2) is 8.42 Å². The number of amides is 1. The number of likely N-dealkylation sites (tertiary alicyclic amines) is 1. The quantitative estimate of drug-likeness (QED) is 0.726. The van der Waals surface area contributed by atoms with E-state index in [-0.39, 0.29) is 40.8 Å². The van der Waals surface area contributed by atoms with Crippen LogP contribution in [0.5, 0.6) is 0 Å². The summed E-state index contributed by atoms with van der Waals surface area (Å²) in [7, 11) is -2.33. The molecule has 0 spiro atoms. The Morgan fingerprint density at radius 3 is 2.62 bits per heavy atom. The first kappa shape index (κ1) is 18.9. The van der Waals surface area contributed by atoms with E-state index in [2.05, 4.69) is 4.98 Å². The zero-order chi connectivity index (χ0) is 18.9. The molecule has 1 aromatic heterocycles. The van der Waals surface area contributed by atoms with Gasteiger partial charge in [0.15, 0.2) is 0 Å². The van der Waals surface area contributed by atoms with Crippen molar-refractivity contribution in [2.75, 3.05) is 46.5 Å². The zero-order valence-electron chi connectivity index (χ0n) is 14.8. The van der Waals surface area contributed by atoms with Crippen molar-refractivity contribution >= 4 is 21.9 Å². The summed E-state index contributed by atoms with van der Waals surface area (Å²) in [5.41, 5.74) is 0.189. The lowest BCUT2D eigenvalue weighted by molar-refractivity contribution is -0.146. The number of ether oxygens (including phenoxy) is 2. The van der Waals surface area contributed by atoms with Gasteiger partial charge < -0.3 is 19.4 Å². The molecule has 10 heteroatoms. The SMILES string of the molecule is COC(=O)[C@@H]1CN(C(=O)c2cc(S(=O)(=O)N3CCOCC3)c[nH]2)C[C@H]1C. The van der Waals surface area contributed by atoms with E-state index < -0.39 is 10.0 Å². The molecule has 0 saturated carbocycles. The molecule has 2 aliphatic rings. The molecule has 0 aliphatic carbocycles. The highest BCUT2D eigenvalue weighted by Crippen LogP contribution is 2.26. The molecule has 1 amide bonds. The van der Waals surface area contributed by atoms with Crippen molar-refractivity contribution in [1.29, 1.82) is 0 Å². The Balaban J connectivity index is 1.73. The minimum Gasteiger partial charge on any atom is -0.469 e. The largest absolute Gasteiger partial charge is 0.469 e. The second kappa shape index (κ2) is 7.37. The highest BCUT2D eigenvalue weighted by molar-refractivity contribution is 7.89. The third-order valence-electron chi connectivity index (χ3n) is 4.90. The predicted octanol–water partition coefficient (Wildman–Crippen LogP) is -0.0833. The highest BCUT2D eigenvalue weighted by Gasteiger charge is 2.38. The maximum Gasteiger partial charge on any atom is 0.310 e. The summed E-state index contributed by atoms with van der Waals surface area (Å²) in [6.45, 7) is 3.87. The number of aromatic nitrogens is 1. The number of morpholine rings is 1. The average molecular weight is 385 g/mol. The molecule has 1 N–H and O–H groups in total. The third kappa shape index (κ3) is 3.49. The predicted molar refractivity (Wildman–Crippen MR) is 90.9 cm³/mol. The minimum absolute atomic E-state index is 0.0158. The molecule has 2 saturated heterocycles. The molecular weight excluding hydrogens is 362 g/mol. The van der Waals surface area contributed by atoms with Gasteiger partial charge in [0.25, 0.3) is 5.91 Å². The summed E-state index contributed by atoms with van der Waals surface area (Å²) in [6.07, 6.45) is 1.33. The maximum atomic E-state index is 12.7. The van der Waals surface area contributed by atoms with Crippen LogP contribution in [0.4, 0.5) is 0 Å². The van der Waals surface area contributed by atoms with Crippen LogP contribution < -0.4 is 0 Å². The molecule has 2 atom stereocenters. The van der Waals surface area contributed by atoms with E-state index in [0.29, 0.717) is 32.8 Å². The van der Waals surface area contributed by atoms with E-state index in [0.717, 1.165) is 0 Å². The lowest BCUT2D eigenvalue weighted by Gasteiger charge is -2.25. The van der Waals surface area contributed by atoms with Crippen LogP contribution in [0.15, 0.2) is 17.2 Å². The van der Waals surface area contributed by atoms with Crippen LogP contribution in [0.2, 0.25) is 0 Å². The first-order valence-electron chi connectivity index (χ1n) is 8.48.